The molecular formula is C9H17NO. The van der Waals surface area contributed by atoms with Crippen LogP contribution in [0.2, 0.25) is 0 Å². The maximum absolute atomic E-state index is 5.75. The summed E-state index contributed by atoms with van der Waals surface area (Å²) in [4.78, 5) is 0. The van der Waals surface area contributed by atoms with Gasteiger partial charge in [0, 0.05) is 11.6 Å². The standard InChI is InChI=1S/C9H17NO/c1-9(2)6-11-8-5-3-4-7(8)10-9/h7-8,10H,3-6H2,1-2H3. The molecule has 1 saturated carbocycles. The summed E-state index contributed by atoms with van der Waals surface area (Å²) in [5.74, 6) is 0. The molecule has 2 nitrogen and oxygen atoms in total. The molecule has 0 radical (unpaired) electrons. The Balaban J connectivity index is 2.02. The van der Waals surface area contributed by atoms with Crippen LogP contribution < -0.4 is 5.32 Å². The van der Waals surface area contributed by atoms with Crippen LogP contribution in [0.4, 0.5) is 0 Å². The molecular weight excluding hydrogens is 138 g/mol. The average Bonchev–Trinajstić information content (AvgIpc) is 2.31. The predicted octanol–water partition coefficient (Wildman–Crippen LogP) is 1.31. The second kappa shape index (κ2) is 2.46. The highest BCUT2D eigenvalue weighted by Gasteiger charge is 2.37. The van der Waals surface area contributed by atoms with Crippen molar-refractivity contribution in [2.75, 3.05) is 6.61 Å². The molecule has 0 aromatic heterocycles. The zero-order valence-corrected chi connectivity index (χ0v) is 7.39. The summed E-state index contributed by atoms with van der Waals surface area (Å²) >= 11 is 0. The lowest BCUT2D eigenvalue weighted by Gasteiger charge is -2.39. The summed E-state index contributed by atoms with van der Waals surface area (Å²) in [6.07, 6.45) is 4.41. The Morgan fingerprint density at radius 3 is 3.00 bits per heavy atom. The van der Waals surface area contributed by atoms with E-state index in [0.29, 0.717) is 12.1 Å². The fourth-order valence-electron chi connectivity index (χ4n) is 2.15. The van der Waals surface area contributed by atoms with Crippen LogP contribution in [0.3, 0.4) is 0 Å². The molecule has 1 aliphatic heterocycles. The SMILES string of the molecule is CC1(C)COC2CCCC2N1. The molecule has 2 fully saturated rings. The van der Waals surface area contributed by atoms with Crippen molar-refractivity contribution < 1.29 is 4.74 Å². The fourth-order valence-corrected chi connectivity index (χ4v) is 2.15. The highest BCUT2D eigenvalue weighted by molar-refractivity contribution is 4.94. The van der Waals surface area contributed by atoms with E-state index in [1.54, 1.807) is 0 Å². The van der Waals surface area contributed by atoms with Crippen LogP contribution >= 0.6 is 0 Å². The van der Waals surface area contributed by atoms with Gasteiger partial charge in [0.05, 0.1) is 12.7 Å². The van der Waals surface area contributed by atoms with E-state index >= 15 is 0 Å². The van der Waals surface area contributed by atoms with Crippen molar-refractivity contribution in [2.24, 2.45) is 0 Å². The first-order valence-electron chi connectivity index (χ1n) is 4.57. The quantitative estimate of drug-likeness (QED) is 0.569. The van der Waals surface area contributed by atoms with Crippen molar-refractivity contribution in [3.8, 4) is 0 Å². The first-order chi connectivity index (χ1) is 5.17. The zero-order valence-electron chi connectivity index (χ0n) is 7.39. The van der Waals surface area contributed by atoms with Gasteiger partial charge >= 0.3 is 0 Å². The predicted molar refractivity (Wildman–Crippen MR) is 44.6 cm³/mol. The molecule has 0 bridgehead atoms. The summed E-state index contributed by atoms with van der Waals surface area (Å²) in [6, 6.07) is 0.638. The second-order valence-corrected chi connectivity index (χ2v) is 4.42. The molecule has 2 aliphatic rings. The molecule has 1 saturated heterocycles. The third-order valence-corrected chi connectivity index (χ3v) is 2.69. The Kier molecular flexibility index (Phi) is 1.69. The van der Waals surface area contributed by atoms with Gasteiger partial charge in [-0.2, -0.15) is 0 Å². The van der Waals surface area contributed by atoms with Crippen LogP contribution in [-0.4, -0.2) is 24.3 Å². The molecule has 2 unspecified atom stereocenters. The van der Waals surface area contributed by atoms with Gasteiger partial charge in [-0.3, -0.25) is 0 Å². The second-order valence-electron chi connectivity index (χ2n) is 4.42. The van der Waals surface area contributed by atoms with Crippen LogP contribution in [0.5, 0.6) is 0 Å². The van der Waals surface area contributed by atoms with E-state index in [-0.39, 0.29) is 5.54 Å². The largest absolute Gasteiger partial charge is 0.375 e. The monoisotopic (exact) mass is 155 g/mol. The Hall–Kier alpha value is -0.0800. The normalized spacial score (nSPS) is 42.0. The third kappa shape index (κ3) is 1.42. The Bertz CT molecular complexity index is 156. The highest BCUT2D eigenvalue weighted by Crippen LogP contribution is 2.28. The van der Waals surface area contributed by atoms with E-state index in [1.807, 2.05) is 0 Å². The number of hydrogen-bond donors (Lipinski definition) is 1. The molecule has 0 spiro atoms. The third-order valence-electron chi connectivity index (χ3n) is 2.69. The van der Waals surface area contributed by atoms with E-state index in [9.17, 15) is 0 Å². The number of hydrogen-bond acceptors (Lipinski definition) is 2. The summed E-state index contributed by atoms with van der Waals surface area (Å²) < 4.78 is 5.75. The van der Waals surface area contributed by atoms with E-state index in [0.717, 1.165) is 6.61 Å². The smallest absolute Gasteiger partial charge is 0.0729 e. The average molecular weight is 155 g/mol. The maximum atomic E-state index is 5.75. The van der Waals surface area contributed by atoms with Gasteiger partial charge in [-0.15, -0.1) is 0 Å². The van der Waals surface area contributed by atoms with Crippen molar-refractivity contribution in [1.82, 2.24) is 5.32 Å². The minimum atomic E-state index is 0.200. The van der Waals surface area contributed by atoms with Gasteiger partial charge in [0.25, 0.3) is 0 Å². The highest BCUT2D eigenvalue weighted by atomic mass is 16.5. The van der Waals surface area contributed by atoms with Gasteiger partial charge in [0.1, 0.15) is 0 Å². The summed E-state index contributed by atoms with van der Waals surface area (Å²) in [5.41, 5.74) is 0.200. The maximum Gasteiger partial charge on any atom is 0.0729 e. The number of ether oxygens (including phenoxy) is 1. The van der Waals surface area contributed by atoms with Crippen molar-refractivity contribution >= 4 is 0 Å². The van der Waals surface area contributed by atoms with Crippen LogP contribution in [0.15, 0.2) is 0 Å². The van der Waals surface area contributed by atoms with Crippen LogP contribution in [-0.2, 0) is 4.74 Å². The van der Waals surface area contributed by atoms with E-state index in [4.69, 9.17) is 4.74 Å². The van der Waals surface area contributed by atoms with E-state index in [1.165, 1.54) is 19.3 Å². The lowest BCUT2D eigenvalue weighted by atomic mass is 10.0. The van der Waals surface area contributed by atoms with Gasteiger partial charge in [-0.1, -0.05) is 0 Å². The first kappa shape index (κ1) is 7.56. The summed E-state index contributed by atoms with van der Waals surface area (Å²) in [6.45, 7) is 5.29. The Morgan fingerprint density at radius 1 is 1.36 bits per heavy atom. The molecule has 1 aliphatic carbocycles. The summed E-state index contributed by atoms with van der Waals surface area (Å²) in [7, 11) is 0. The van der Waals surface area contributed by atoms with Gasteiger partial charge in [0.15, 0.2) is 0 Å². The van der Waals surface area contributed by atoms with Crippen molar-refractivity contribution in [2.45, 2.75) is 50.8 Å². The molecule has 2 atom stereocenters. The molecule has 0 aromatic rings. The Labute approximate surface area is 68.3 Å². The number of fused-ring (bicyclic) bond motifs is 1. The van der Waals surface area contributed by atoms with Crippen LogP contribution in [0.25, 0.3) is 0 Å². The molecule has 2 rings (SSSR count). The van der Waals surface area contributed by atoms with Gasteiger partial charge in [-0.25, -0.2) is 0 Å². The molecule has 2 heteroatoms. The minimum absolute atomic E-state index is 0.200. The van der Waals surface area contributed by atoms with Crippen LogP contribution in [0, 0.1) is 0 Å². The van der Waals surface area contributed by atoms with E-state index < -0.39 is 0 Å². The van der Waals surface area contributed by atoms with Crippen molar-refractivity contribution in [1.29, 1.82) is 0 Å². The molecule has 1 heterocycles. The van der Waals surface area contributed by atoms with Gasteiger partial charge in [-0.05, 0) is 33.1 Å². The zero-order chi connectivity index (χ0) is 7.90. The minimum Gasteiger partial charge on any atom is -0.375 e. The topological polar surface area (TPSA) is 21.3 Å². The van der Waals surface area contributed by atoms with Crippen LogP contribution in [0.1, 0.15) is 33.1 Å². The van der Waals surface area contributed by atoms with Crippen molar-refractivity contribution in [3.63, 3.8) is 0 Å². The number of rotatable bonds is 0. The molecule has 0 aromatic carbocycles. The molecule has 1 N–H and O–H groups in total. The first-order valence-corrected chi connectivity index (χ1v) is 4.57. The van der Waals surface area contributed by atoms with Gasteiger partial charge < -0.3 is 10.1 Å². The molecule has 64 valence electrons. The summed E-state index contributed by atoms with van der Waals surface area (Å²) in [5, 5.41) is 3.63. The van der Waals surface area contributed by atoms with Crippen molar-refractivity contribution in [3.05, 3.63) is 0 Å². The van der Waals surface area contributed by atoms with E-state index in [2.05, 4.69) is 19.2 Å². The fraction of sp³-hybridized carbons (Fsp3) is 1.00. The number of nitrogens with one attached hydrogen (secondary N) is 1. The molecule has 0 amide bonds. The number of morpholine rings is 1. The lowest BCUT2D eigenvalue weighted by molar-refractivity contribution is -0.0389. The Morgan fingerprint density at radius 2 is 2.18 bits per heavy atom. The molecule has 11 heavy (non-hydrogen) atoms. The van der Waals surface area contributed by atoms with Gasteiger partial charge in [0.2, 0.25) is 0 Å². The lowest BCUT2D eigenvalue weighted by Crippen LogP contribution is -2.57.